The van der Waals surface area contributed by atoms with Crippen molar-refractivity contribution < 1.29 is 19.0 Å². The number of piperidine rings is 1. The van der Waals surface area contributed by atoms with Gasteiger partial charge in [0, 0.05) is 19.1 Å². The molecule has 2 fully saturated rings. The van der Waals surface area contributed by atoms with Crippen LogP contribution in [0.15, 0.2) is 17.1 Å². The Morgan fingerprint density at radius 1 is 1.37 bits per heavy atom. The molecule has 0 aromatic carbocycles. The minimum Gasteiger partial charge on any atom is -0.449 e. The van der Waals surface area contributed by atoms with Crippen molar-refractivity contribution in [3.8, 4) is 5.75 Å². The topological polar surface area (TPSA) is 74.5 Å². The Balaban J connectivity index is 1.86. The van der Waals surface area contributed by atoms with E-state index in [2.05, 4.69) is 23.8 Å². The number of fused-ring (bicyclic) bond motifs is 1. The van der Waals surface area contributed by atoms with Crippen molar-refractivity contribution in [2.45, 2.75) is 51.5 Å². The summed E-state index contributed by atoms with van der Waals surface area (Å²) in [6.07, 6.45) is 3.61. The molecule has 2 aromatic heterocycles. The highest BCUT2D eigenvalue weighted by Gasteiger charge is 2.31. The molecule has 3 heterocycles. The van der Waals surface area contributed by atoms with Crippen molar-refractivity contribution in [1.29, 1.82) is 0 Å². The average molecular weight is 417 g/mol. The third-order valence-corrected chi connectivity index (χ3v) is 6.46. The van der Waals surface area contributed by atoms with Gasteiger partial charge < -0.3 is 19.6 Å². The van der Waals surface area contributed by atoms with Crippen molar-refractivity contribution in [3.05, 3.63) is 39.6 Å². The lowest BCUT2D eigenvalue weighted by atomic mass is 10.0. The summed E-state index contributed by atoms with van der Waals surface area (Å²) in [5.41, 5.74) is 2.12. The van der Waals surface area contributed by atoms with Crippen LogP contribution in [0, 0.1) is 12.7 Å². The molecular weight excluding hydrogens is 389 g/mol. The van der Waals surface area contributed by atoms with Gasteiger partial charge in [-0.05, 0) is 69.3 Å². The molecule has 30 heavy (non-hydrogen) atoms. The van der Waals surface area contributed by atoms with Crippen LogP contribution in [0.3, 0.4) is 0 Å². The van der Waals surface area contributed by atoms with Crippen LogP contribution in [0.4, 0.5) is 14.9 Å². The number of ether oxygens (including phenoxy) is 1. The summed E-state index contributed by atoms with van der Waals surface area (Å²) in [7, 11) is 2.09. The van der Waals surface area contributed by atoms with Crippen molar-refractivity contribution in [3.63, 3.8) is 0 Å². The highest BCUT2D eigenvalue weighted by Crippen LogP contribution is 2.44. The highest BCUT2D eigenvalue weighted by atomic mass is 19.1. The van der Waals surface area contributed by atoms with Crippen LogP contribution in [-0.2, 0) is 0 Å². The predicted octanol–water partition coefficient (Wildman–Crippen LogP) is 3.60. The van der Waals surface area contributed by atoms with Gasteiger partial charge in [0.25, 0.3) is 5.56 Å². The summed E-state index contributed by atoms with van der Waals surface area (Å²) in [4.78, 5) is 28.2. The van der Waals surface area contributed by atoms with Gasteiger partial charge in [-0.15, -0.1) is 0 Å². The molecule has 162 valence electrons. The molecule has 1 aliphatic heterocycles. The molecular formula is C22H28FN3O4. The van der Waals surface area contributed by atoms with Gasteiger partial charge in [-0.1, -0.05) is 6.92 Å². The van der Waals surface area contributed by atoms with E-state index in [-0.39, 0.29) is 11.7 Å². The van der Waals surface area contributed by atoms with Crippen LogP contribution in [0.5, 0.6) is 5.75 Å². The van der Waals surface area contributed by atoms with Gasteiger partial charge in [0.15, 0.2) is 11.6 Å². The molecule has 2 aliphatic rings. The molecule has 2 aromatic rings. The number of rotatable bonds is 5. The average Bonchev–Trinajstić information content (AvgIpc) is 3.55. The minimum absolute atomic E-state index is 0.231. The van der Waals surface area contributed by atoms with Gasteiger partial charge in [-0.2, -0.15) is 0 Å². The Morgan fingerprint density at radius 3 is 2.73 bits per heavy atom. The van der Waals surface area contributed by atoms with E-state index < -0.39 is 17.5 Å². The fourth-order valence-electron chi connectivity index (χ4n) is 4.65. The number of hydrogen-bond donors (Lipinski definition) is 1. The van der Waals surface area contributed by atoms with E-state index >= 15 is 4.39 Å². The number of halogens is 1. The number of hydrogen-bond acceptors (Lipinski definition) is 5. The molecule has 0 amide bonds. The molecule has 0 unspecified atom stereocenters. The van der Waals surface area contributed by atoms with E-state index in [4.69, 9.17) is 9.84 Å². The molecule has 8 heteroatoms. The van der Waals surface area contributed by atoms with Gasteiger partial charge in [0.05, 0.1) is 17.4 Å². The summed E-state index contributed by atoms with van der Waals surface area (Å²) in [6, 6.07) is 1.89. The van der Waals surface area contributed by atoms with Gasteiger partial charge in [0.1, 0.15) is 0 Å². The van der Waals surface area contributed by atoms with Crippen LogP contribution in [-0.4, -0.2) is 53.3 Å². The summed E-state index contributed by atoms with van der Waals surface area (Å²) in [5, 5.41) is 8.97. The third kappa shape index (κ3) is 3.64. The van der Waals surface area contributed by atoms with Crippen molar-refractivity contribution in [2.75, 3.05) is 31.6 Å². The zero-order valence-electron chi connectivity index (χ0n) is 17.7. The molecule has 1 aliphatic carbocycles. The lowest BCUT2D eigenvalue weighted by molar-refractivity contribution is 0.143. The Kier molecular flexibility index (Phi) is 5.44. The zero-order chi connectivity index (χ0) is 21.6. The highest BCUT2D eigenvalue weighted by molar-refractivity contribution is 5.74. The fraction of sp³-hybridized carbons (Fsp3) is 0.545. The molecule has 7 nitrogen and oxygen atoms in total. The van der Waals surface area contributed by atoms with E-state index in [9.17, 15) is 9.59 Å². The second-order valence-corrected chi connectivity index (χ2v) is 8.40. The van der Waals surface area contributed by atoms with Gasteiger partial charge in [-0.3, -0.25) is 9.20 Å². The number of carbonyl (C=O) groups is 1. The maximum Gasteiger partial charge on any atom is 0.511 e. The number of carboxylic acid groups (broad SMARTS) is 1. The molecule has 1 atom stereocenters. The quantitative estimate of drug-likeness (QED) is 0.750. The molecule has 0 radical (unpaired) electrons. The standard InChI is InChI=1S/C22H28FN3O4/c1-4-24(3)15-6-5-9-25(11-15)20-13(2)19-16(14-7-8-14)10-18(30-22(28)29)21(27)26(19)12-17(20)23/h10,12,14-15H,4-9,11H2,1-3H3,(H,28,29)/t15-/m0/s1. The Labute approximate surface area is 174 Å². The maximum absolute atomic E-state index is 15.3. The Hall–Kier alpha value is -2.61. The first kappa shape index (κ1) is 20.7. The normalized spacial score (nSPS) is 19.5. The van der Waals surface area contributed by atoms with E-state index in [1.54, 1.807) is 0 Å². The number of anilines is 1. The summed E-state index contributed by atoms with van der Waals surface area (Å²) >= 11 is 0. The van der Waals surface area contributed by atoms with Crippen LogP contribution in [0.2, 0.25) is 0 Å². The van der Waals surface area contributed by atoms with Crippen molar-refractivity contribution in [1.82, 2.24) is 9.30 Å². The smallest absolute Gasteiger partial charge is 0.449 e. The molecule has 4 rings (SSSR count). The monoisotopic (exact) mass is 417 g/mol. The molecule has 1 N–H and O–H groups in total. The molecule has 1 saturated carbocycles. The SMILES string of the molecule is CCN(C)[C@H]1CCCN(c2c(F)cn3c(=O)c(OC(=O)O)cc(C4CC4)c3c2C)C1. The first-order chi connectivity index (χ1) is 14.3. The molecule has 0 spiro atoms. The lowest BCUT2D eigenvalue weighted by Gasteiger charge is -2.39. The van der Waals surface area contributed by atoms with Gasteiger partial charge in [-0.25, -0.2) is 9.18 Å². The summed E-state index contributed by atoms with van der Waals surface area (Å²) in [5.74, 6) is -0.527. The van der Waals surface area contributed by atoms with Crippen LogP contribution in [0.25, 0.3) is 5.52 Å². The first-order valence-corrected chi connectivity index (χ1v) is 10.6. The number of nitrogens with zero attached hydrogens (tertiary/aromatic N) is 3. The second kappa shape index (κ2) is 7.91. The van der Waals surface area contributed by atoms with Gasteiger partial charge in [0.2, 0.25) is 0 Å². The lowest BCUT2D eigenvalue weighted by Crippen LogP contribution is -2.47. The first-order valence-electron chi connectivity index (χ1n) is 10.6. The number of aryl methyl sites for hydroxylation is 1. The predicted molar refractivity (Wildman–Crippen MR) is 113 cm³/mol. The minimum atomic E-state index is -1.55. The number of pyridine rings is 2. The largest absolute Gasteiger partial charge is 0.511 e. The second-order valence-electron chi connectivity index (χ2n) is 8.40. The summed E-state index contributed by atoms with van der Waals surface area (Å²) in [6.45, 7) is 6.41. The van der Waals surface area contributed by atoms with E-state index in [1.807, 2.05) is 6.92 Å². The summed E-state index contributed by atoms with van der Waals surface area (Å²) < 4.78 is 21.2. The van der Waals surface area contributed by atoms with E-state index in [1.165, 1.54) is 16.7 Å². The maximum atomic E-state index is 15.3. The number of aromatic nitrogens is 1. The van der Waals surface area contributed by atoms with E-state index in [0.29, 0.717) is 17.2 Å². The van der Waals surface area contributed by atoms with Crippen LogP contribution in [0.1, 0.15) is 49.7 Å². The van der Waals surface area contributed by atoms with Crippen molar-refractivity contribution >= 4 is 17.4 Å². The third-order valence-electron chi connectivity index (χ3n) is 6.46. The molecule has 0 bridgehead atoms. The fourth-order valence-corrected chi connectivity index (χ4v) is 4.65. The van der Waals surface area contributed by atoms with Crippen LogP contribution >= 0.6 is 0 Å². The van der Waals surface area contributed by atoms with Crippen LogP contribution < -0.4 is 15.2 Å². The zero-order valence-corrected chi connectivity index (χ0v) is 17.7. The van der Waals surface area contributed by atoms with E-state index in [0.717, 1.165) is 56.4 Å². The van der Waals surface area contributed by atoms with Gasteiger partial charge >= 0.3 is 6.16 Å². The molecule has 1 saturated heterocycles. The van der Waals surface area contributed by atoms with Crippen molar-refractivity contribution in [2.24, 2.45) is 0 Å². The Bertz CT molecular complexity index is 1050. The number of likely N-dealkylation sites (N-methyl/N-ethyl adjacent to an activating group) is 1. The Morgan fingerprint density at radius 2 is 2.10 bits per heavy atom.